The number of thioether (sulfide) groups is 1. The van der Waals surface area contributed by atoms with E-state index in [1.807, 2.05) is 35.8 Å². The standard InChI is InChI=1S/C21H21ClFN3O2S/c1-4-12-26-20(14(2)28-16-10-8-15(27-3)9-11-16)24-25-21(26)29-13-17-18(22)6-5-7-19(17)23/h4-11,14H,1,12-13H2,2-3H3. The predicted octanol–water partition coefficient (Wildman–Crippen LogP) is 5.70. The molecule has 0 saturated heterocycles. The topological polar surface area (TPSA) is 49.2 Å². The molecule has 1 aromatic heterocycles. The SMILES string of the molecule is C=CCn1c(SCc2c(F)cccc2Cl)nnc1C(C)Oc1ccc(OC)cc1. The maximum absolute atomic E-state index is 14.0. The Morgan fingerprint density at radius 2 is 1.93 bits per heavy atom. The van der Waals surface area contributed by atoms with E-state index in [1.165, 1.54) is 17.8 Å². The third kappa shape index (κ3) is 5.10. The molecule has 0 aliphatic carbocycles. The van der Waals surface area contributed by atoms with Gasteiger partial charge < -0.3 is 9.47 Å². The molecule has 0 saturated carbocycles. The summed E-state index contributed by atoms with van der Waals surface area (Å²) >= 11 is 7.49. The fourth-order valence-electron chi connectivity index (χ4n) is 2.73. The van der Waals surface area contributed by atoms with Crippen LogP contribution < -0.4 is 9.47 Å². The van der Waals surface area contributed by atoms with Crippen LogP contribution in [0.4, 0.5) is 4.39 Å². The number of aromatic nitrogens is 3. The van der Waals surface area contributed by atoms with Gasteiger partial charge in [-0.3, -0.25) is 4.57 Å². The number of benzene rings is 2. The largest absolute Gasteiger partial charge is 0.497 e. The highest BCUT2D eigenvalue weighted by molar-refractivity contribution is 7.98. The van der Waals surface area contributed by atoms with Crippen LogP contribution in [-0.4, -0.2) is 21.9 Å². The maximum Gasteiger partial charge on any atom is 0.191 e. The van der Waals surface area contributed by atoms with Crippen molar-refractivity contribution in [1.82, 2.24) is 14.8 Å². The van der Waals surface area contributed by atoms with Crippen molar-refractivity contribution in [1.29, 1.82) is 0 Å². The number of ether oxygens (including phenoxy) is 2. The molecule has 1 unspecified atom stereocenters. The van der Waals surface area contributed by atoms with Crippen molar-refractivity contribution >= 4 is 23.4 Å². The van der Waals surface area contributed by atoms with Crippen molar-refractivity contribution in [3.05, 3.63) is 77.3 Å². The molecule has 0 bridgehead atoms. The minimum atomic E-state index is -0.345. The number of hydrogen-bond donors (Lipinski definition) is 0. The molecule has 0 spiro atoms. The summed E-state index contributed by atoms with van der Waals surface area (Å²) in [6.45, 7) is 6.21. The molecule has 1 heterocycles. The molecule has 0 fully saturated rings. The van der Waals surface area contributed by atoms with E-state index >= 15 is 0 Å². The van der Waals surface area contributed by atoms with Crippen molar-refractivity contribution < 1.29 is 13.9 Å². The van der Waals surface area contributed by atoms with Gasteiger partial charge in [-0.15, -0.1) is 16.8 Å². The van der Waals surface area contributed by atoms with Gasteiger partial charge in [-0.1, -0.05) is 35.5 Å². The van der Waals surface area contributed by atoms with Gasteiger partial charge in [0.1, 0.15) is 17.3 Å². The van der Waals surface area contributed by atoms with E-state index in [4.69, 9.17) is 21.1 Å². The van der Waals surface area contributed by atoms with Gasteiger partial charge in [-0.2, -0.15) is 0 Å². The number of rotatable bonds is 9. The Labute approximate surface area is 178 Å². The molecule has 0 aliphatic heterocycles. The molecule has 0 radical (unpaired) electrons. The van der Waals surface area contributed by atoms with Gasteiger partial charge in [0.2, 0.25) is 0 Å². The molecule has 8 heteroatoms. The van der Waals surface area contributed by atoms with Gasteiger partial charge in [0.25, 0.3) is 0 Å². The maximum atomic E-state index is 14.0. The average Bonchev–Trinajstić information content (AvgIpc) is 3.11. The third-order valence-corrected chi connectivity index (χ3v) is 5.55. The predicted molar refractivity (Wildman–Crippen MR) is 113 cm³/mol. The first-order valence-electron chi connectivity index (χ1n) is 8.94. The summed E-state index contributed by atoms with van der Waals surface area (Å²) in [4.78, 5) is 0. The number of nitrogens with zero attached hydrogens (tertiary/aromatic N) is 3. The molecule has 5 nitrogen and oxygen atoms in total. The van der Waals surface area contributed by atoms with E-state index in [-0.39, 0.29) is 11.9 Å². The van der Waals surface area contributed by atoms with Crippen LogP contribution in [-0.2, 0) is 12.3 Å². The van der Waals surface area contributed by atoms with Gasteiger partial charge in [0.05, 0.1) is 7.11 Å². The highest BCUT2D eigenvalue weighted by Gasteiger charge is 2.20. The van der Waals surface area contributed by atoms with Gasteiger partial charge in [-0.25, -0.2) is 4.39 Å². The summed E-state index contributed by atoms with van der Waals surface area (Å²) in [5, 5.41) is 9.59. The molecule has 29 heavy (non-hydrogen) atoms. The average molecular weight is 434 g/mol. The van der Waals surface area contributed by atoms with Gasteiger partial charge in [-0.05, 0) is 43.3 Å². The molecule has 1 atom stereocenters. The van der Waals surface area contributed by atoms with Gasteiger partial charge in [0, 0.05) is 22.9 Å². The van der Waals surface area contributed by atoms with E-state index < -0.39 is 0 Å². The zero-order valence-electron chi connectivity index (χ0n) is 16.1. The minimum absolute atomic E-state index is 0.337. The number of halogens is 2. The number of hydrogen-bond acceptors (Lipinski definition) is 5. The first-order chi connectivity index (χ1) is 14.0. The van der Waals surface area contributed by atoms with Crippen LogP contribution in [0.3, 0.4) is 0 Å². The summed E-state index contributed by atoms with van der Waals surface area (Å²) in [5.74, 6) is 2.11. The second kappa shape index (κ2) is 9.80. The van der Waals surface area contributed by atoms with Crippen LogP contribution in [0.5, 0.6) is 11.5 Å². The zero-order chi connectivity index (χ0) is 20.8. The quantitative estimate of drug-likeness (QED) is 0.320. The molecule has 0 N–H and O–H groups in total. The van der Waals surface area contributed by atoms with Crippen molar-refractivity contribution in [3.63, 3.8) is 0 Å². The fraction of sp³-hybridized carbons (Fsp3) is 0.238. The normalized spacial score (nSPS) is 11.9. The Balaban J connectivity index is 1.77. The van der Waals surface area contributed by atoms with Crippen molar-refractivity contribution in [3.8, 4) is 11.5 Å². The van der Waals surface area contributed by atoms with E-state index in [0.717, 1.165) is 5.75 Å². The smallest absolute Gasteiger partial charge is 0.191 e. The van der Waals surface area contributed by atoms with Crippen LogP contribution in [0.2, 0.25) is 5.02 Å². The van der Waals surface area contributed by atoms with Crippen molar-refractivity contribution in [2.45, 2.75) is 30.5 Å². The van der Waals surface area contributed by atoms with Crippen LogP contribution in [0, 0.1) is 5.82 Å². The lowest BCUT2D eigenvalue weighted by Crippen LogP contribution is -2.12. The highest BCUT2D eigenvalue weighted by atomic mass is 35.5. The lowest BCUT2D eigenvalue weighted by Gasteiger charge is -2.16. The fourth-order valence-corrected chi connectivity index (χ4v) is 4.02. The summed E-state index contributed by atoms with van der Waals surface area (Å²) in [5.41, 5.74) is 0.441. The second-order valence-electron chi connectivity index (χ2n) is 6.16. The Hall–Kier alpha value is -2.51. The number of methoxy groups -OCH3 is 1. The Kier molecular flexibility index (Phi) is 7.17. The first-order valence-corrected chi connectivity index (χ1v) is 10.3. The molecule has 3 rings (SSSR count). The molecular weight excluding hydrogens is 413 g/mol. The van der Waals surface area contributed by atoms with Crippen LogP contribution in [0.1, 0.15) is 24.4 Å². The molecular formula is C21H21ClFN3O2S. The minimum Gasteiger partial charge on any atom is -0.497 e. The lowest BCUT2D eigenvalue weighted by molar-refractivity contribution is 0.210. The molecule has 0 aliphatic rings. The summed E-state index contributed by atoms with van der Waals surface area (Å²) in [6, 6.07) is 12.0. The second-order valence-corrected chi connectivity index (χ2v) is 7.51. The molecule has 2 aromatic carbocycles. The Bertz CT molecular complexity index is 958. The summed E-state index contributed by atoms with van der Waals surface area (Å²) in [7, 11) is 1.62. The monoisotopic (exact) mass is 433 g/mol. The van der Waals surface area contributed by atoms with Crippen molar-refractivity contribution in [2.24, 2.45) is 0 Å². The Morgan fingerprint density at radius 1 is 1.21 bits per heavy atom. The first kappa shape index (κ1) is 21.2. The van der Waals surface area contributed by atoms with Gasteiger partial charge in [0.15, 0.2) is 17.1 Å². The van der Waals surface area contributed by atoms with Crippen LogP contribution >= 0.6 is 23.4 Å². The number of allylic oxidation sites excluding steroid dienone is 1. The zero-order valence-corrected chi connectivity index (χ0v) is 17.7. The Morgan fingerprint density at radius 3 is 2.59 bits per heavy atom. The van der Waals surface area contributed by atoms with E-state index in [1.54, 1.807) is 25.3 Å². The summed E-state index contributed by atoms with van der Waals surface area (Å²) < 4.78 is 27.1. The molecule has 152 valence electrons. The van der Waals surface area contributed by atoms with Crippen LogP contribution in [0.15, 0.2) is 60.3 Å². The van der Waals surface area contributed by atoms with Crippen molar-refractivity contribution in [2.75, 3.05) is 7.11 Å². The van der Waals surface area contributed by atoms with Crippen LogP contribution in [0.25, 0.3) is 0 Å². The lowest BCUT2D eigenvalue weighted by atomic mass is 10.2. The molecule has 3 aromatic rings. The molecule has 0 amide bonds. The third-order valence-electron chi connectivity index (χ3n) is 4.20. The van der Waals surface area contributed by atoms with E-state index in [2.05, 4.69) is 16.8 Å². The summed E-state index contributed by atoms with van der Waals surface area (Å²) in [6.07, 6.45) is 1.41. The van der Waals surface area contributed by atoms with E-state index in [9.17, 15) is 4.39 Å². The van der Waals surface area contributed by atoms with Gasteiger partial charge >= 0.3 is 0 Å². The van der Waals surface area contributed by atoms with E-state index in [0.29, 0.717) is 39.6 Å². The highest BCUT2D eigenvalue weighted by Crippen LogP contribution is 2.30.